The van der Waals surface area contributed by atoms with Gasteiger partial charge < -0.3 is 0 Å². The molecule has 0 saturated heterocycles. The van der Waals surface area contributed by atoms with Crippen LogP contribution in [-0.2, 0) is 76.0 Å². The molecule has 0 aliphatic rings. The topological polar surface area (TPSA) is 179 Å². The Balaban J connectivity index is -0.00000000581. The Hall–Kier alpha value is -0.743. The summed E-state index contributed by atoms with van der Waals surface area (Å²) in [5, 5.41) is 0. The number of rotatable bonds is 0. The summed E-state index contributed by atoms with van der Waals surface area (Å²) in [4.78, 5) is 0. The van der Waals surface area contributed by atoms with Gasteiger partial charge in [-0.3, -0.25) is 0 Å². The smallest absolute Gasteiger partial charge is 0 e. The van der Waals surface area contributed by atoms with Crippen LogP contribution in [0.15, 0.2) is 0 Å². The van der Waals surface area contributed by atoms with Crippen molar-refractivity contribution in [2.75, 3.05) is 0 Å². The Morgan fingerprint density at radius 1 is 0.391 bits per heavy atom. The van der Waals surface area contributed by atoms with Crippen LogP contribution >= 0.6 is 0 Å². The molecule has 0 heterocycles. The first-order chi connectivity index (χ1) is 10.4. The summed E-state index contributed by atoms with van der Waals surface area (Å²) in [6.07, 6.45) is 0. The molecule has 0 atom stereocenters. The molecule has 2 radical (unpaired) electrons. The summed E-state index contributed by atoms with van der Waals surface area (Å²) in [6, 6.07) is 0. The predicted molar refractivity (Wildman–Crippen MR) is 52.8 cm³/mol. The zero-order chi connectivity index (χ0) is 20.7. The minimum Gasteiger partial charge on any atom is 0 e. The minimum absolute atomic E-state index is 0. The monoisotopic (exact) mass is 468 g/mol. The third kappa shape index (κ3) is 14300. The maximum atomic E-state index is 7.50. The molecule has 0 amide bonds. The van der Waals surface area contributed by atoms with Crippen molar-refractivity contribution in [3.63, 3.8) is 0 Å². The molecule has 124 valence electrons. The molecular weight excluding hydrogens is 462 g/mol. The van der Waals surface area contributed by atoms with E-state index in [9.17, 15) is 0 Å². The Morgan fingerprint density at radius 2 is 0.391 bits per heavy atom. The van der Waals surface area contributed by atoms with E-state index < -0.39 is 0 Å². The first-order valence-electron chi connectivity index (χ1n) is 2.73. The van der Waals surface area contributed by atoms with Crippen LogP contribution in [0.3, 0.4) is 0 Å². The van der Waals surface area contributed by atoms with Gasteiger partial charge in [-0.15, -0.1) is 0 Å². The van der Waals surface area contributed by atoms with E-state index in [0.717, 1.165) is 0 Å². The Bertz CT molecular complexity index is 178. The van der Waals surface area contributed by atoms with Crippen molar-refractivity contribution in [3.8, 4) is 0 Å². The molecule has 0 aliphatic heterocycles. The van der Waals surface area contributed by atoms with E-state index >= 15 is 0 Å². The van der Waals surface area contributed by atoms with Crippen LogP contribution in [0.25, 0.3) is 0 Å². The predicted octanol–water partition coefficient (Wildman–Crippen LogP) is 0.444. The summed E-state index contributed by atoms with van der Waals surface area (Å²) in [5.74, 6) is 0. The fourth-order valence-electron chi connectivity index (χ4n) is 0. The Kier molecular flexibility index (Phi) is 547000. The van der Waals surface area contributed by atoms with E-state index in [0.29, 0.717) is 15.8 Å². The Labute approximate surface area is 162 Å². The van der Waals surface area contributed by atoms with Crippen molar-refractivity contribution < 1.29 is 76.0 Å². The van der Waals surface area contributed by atoms with Crippen LogP contribution in [0.2, 0.25) is 11.4 Å². The van der Waals surface area contributed by atoms with E-state index in [2.05, 4.69) is 71.3 Å². The maximum absolute atomic E-state index is 7.50. The van der Waals surface area contributed by atoms with Crippen molar-refractivity contribution >= 4 is 15.8 Å². The summed E-state index contributed by atoms with van der Waals surface area (Å²) in [5.41, 5.74) is 4.44. The third-order valence-electron chi connectivity index (χ3n) is 0. The second-order valence-electron chi connectivity index (χ2n) is 0.447. The molecule has 0 aromatic rings. The van der Waals surface area contributed by atoms with E-state index in [4.69, 9.17) is 41.9 Å². The molecule has 0 N–H and O–H groups in total. The second kappa shape index (κ2) is 132000. The quantitative estimate of drug-likeness (QED) is 0.273. The number of hydrogen-bond donors (Lipinski definition) is 0. The number of hydrogen-bond acceptors (Lipinski definition) is 0. The molecule has 0 aromatic heterocycles. The van der Waals surface area contributed by atoms with Crippen LogP contribution in [0, 0.1) is 59.9 Å². The molecule has 12 heteroatoms. The molecule has 0 aromatic carbocycles. The van der Waals surface area contributed by atoms with Crippen LogP contribution in [-0.4, -0.2) is 15.8 Å². The van der Waals surface area contributed by atoms with Gasteiger partial charge in [0.15, 0.2) is 0 Å². The van der Waals surface area contributed by atoms with Gasteiger partial charge in [0.1, 0.15) is 0 Å². The van der Waals surface area contributed by atoms with E-state index in [1.165, 1.54) is 0 Å². The SMILES string of the molecule is C[As]C.[C-]#[O+].[C-]#[O+].[C-]#[O+].[C-]#[O+].[C-]#[O+].[C-]#[O+].[C-]#[O+].[C-]#[O+].[C-]#[O+].[Fe].[Mn]. The van der Waals surface area contributed by atoms with E-state index in [1.54, 1.807) is 0 Å². The van der Waals surface area contributed by atoms with Crippen molar-refractivity contribution in [2.24, 2.45) is 0 Å². The molecular formula is C11H6AsFeMnO9. The Morgan fingerprint density at radius 3 is 0.391 bits per heavy atom. The molecule has 0 fully saturated rings. The minimum atomic E-state index is 0. The van der Waals surface area contributed by atoms with Gasteiger partial charge in [-0.05, 0) is 0 Å². The van der Waals surface area contributed by atoms with Crippen LogP contribution in [0.5, 0.6) is 0 Å². The van der Waals surface area contributed by atoms with Gasteiger partial charge in [0.25, 0.3) is 0 Å². The molecule has 0 spiro atoms. The second-order valence-corrected chi connectivity index (χ2v) is 2.32. The van der Waals surface area contributed by atoms with Gasteiger partial charge in [-0.2, -0.15) is 0 Å². The first kappa shape index (κ1) is 95.6. The van der Waals surface area contributed by atoms with Gasteiger partial charge in [0.05, 0.1) is 0 Å². The summed E-state index contributed by atoms with van der Waals surface area (Å²) < 4.78 is 67.5. The van der Waals surface area contributed by atoms with Crippen LogP contribution in [0.4, 0.5) is 0 Å². The fraction of sp³-hybridized carbons (Fsp3) is 0.182. The molecule has 9 nitrogen and oxygen atoms in total. The van der Waals surface area contributed by atoms with Crippen molar-refractivity contribution in [1.29, 1.82) is 0 Å². The van der Waals surface area contributed by atoms with Crippen molar-refractivity contribution in [2.45, 2.75) is 11.4 Å². The molecule has 0 aliphatic carbocycles. The summed E-state index contributed by atoms with van der Waals surface area (Å²) >= 11 is 0.688. The van der Waals surface area contributed by atoms with Crippen molar-refractivity contribution in [1.82, 2.24) is 0 Å². The standard InChI is InChI=1S/C2H6As.9CO.Fe.Mn/c1-3-2;9*1-2;;/h1-2H3;;;;;;;;;;;. The van der Waals surface area contributed by atoms with E-state index in [1.807, 2.05) is 0 Å². The molecule has 0 bridgehead atoms. The first-order valence-corrected chi connectivity index (χ1v) is 6.48. The van der Waals surface area contributed by atoms with E-state index in [-0.39, 0.29) is 34.1 Å². The van der Waals surface area contributed by atoms with Gasteiger partial charge in [0, 0.05) is 34.1 Å². The normalized spacial score (nSPS) is 1.57. The van der Waals surface area contributed by atoms with Gasteiger partial charge in [-0.25, -0.2) is 0 Å². The molecule has 0 unspecified atom stereocenters. The summed E-state index contributed by atoms with van der Waals surface area (Å²) in [6.45, 7) is 40.5. The zero-order valence-corrected chi connectivity index (χ0v) is 15.5. The van der Waals surface area contributed by atoms with Gasteiger partial charge in [-0.1, -0.05) is 0 Å². The average molecular weight is 468 g/mol. The third-order valence-corrected chi connectivity index (χ3v) is 0. The van der Waals surface area contributed by atoms with Gasteiger partial charge in [0.2, 0.25) is 0 Å². The van der Waals surface area contributed by atoms with Gasteiger partial charge >= 0.3 is 129 Å². The molecule has 23 heavy (non-hydrogen) atoms. The molecule has 0 rings (SSSR count). The molecule has 0 saturated carbocycles. The van der Waals surface area contributed by atoms with Crippen LogP contribution < -0.4 is 0 Å². The fourth-order valence-corrected chi connectivity index (χ4v) is 0. The zero-order valence-electron chi connectivity index (χ0n) is 11.4. The van der Waals surface area contributed by atoms with Crippen LogP contribution in [0.1, 0.15) is 0 Å². The summed E-state index contributed by atoms with van der Waals surface area (Å²) in [7, 11) is 0. The largest absolute Gasteiger partial charge is 0 e. The maximum Gasteiger partial charge on any atom is 0 e. The van der Waals surface area contributed by atoms with Crippen molar-refractivity contribution in [3.05, 3.63) is 59.9 Å². The average Bonchev–Trinajstić information content (AvgIpc) is 2.70.